The van der Waals surface area contributed by atoms with Crippen LogP contribution >= 0.6 is 0 Å². The summed E-state index contributed by atoms with van der Waals surface area (Å²) in [5, 5.41) is 2.95. The highest BCUT2D eigenvalue weighted by Gasteiger charge is 2.13. The summed E-state index contributed by atoms with van der Waals surface area (Å²) in [6, 6.07) is 11.1. The van der Waals surface area contributed by atoms with Gasteiger partial charge in [0.25, 0.3) is 5.91 Å². The number of nitrogens with one attached hydrogen (secondary N) is 1. The summed E-state index contributed by atoms with van der Waals surface area (Å²) >= 11 is 0. The molecule has 2 aromatic rings. The number of rotatable bonds is 7. The third kappa shape index (κ3) is 4.59. The highest BCUT2D eigenvalue weighted by Crippen LogP contribution is 2.18. The van der Waals surface area contributed by atoms with Gasteiger partial charge in [-0.15, -0.1) is 0 Å². The predicted molar refractivity (Wildman–Crippen MR) is 99.0 cm³/mol. The van der Waals surface area contributed by atoms with Crippen LogP contribution in [0.4, 0.5) is 5.82 Å². The standard InChI is InChI=1S/C20H23N3O2/c1-2-13-25-18-7-5-17(6-8-18)20(24)22-15-16-9-10-21-19(14-16)23-11-3-4-12-23/h2,5-10,14H,1,3-4,11-13,15H2,(H,22,24). The molecule has 0 radical (unpaired) electrons. The topological polar surface area (TPSA) is 54.5 Å². The van der Waals surface area contributed by atoms with E-state index in [1.807, 2.05) is 6.07 Å². The van der Waals surface area contributed by atoms with Crippen LogP contribution in [0.2, 0.25) is 0 Å². The Kier molecular flexibility index (Phi) is 5.67. The summed E-state index contributed by atoms with van der Waals surface area (Å²) in [5.74, 6) is 1.61. The maximum Gasteiger partial charge on any atom is 0.251 e. The van der Waals surface area contributed by atoms with Crippen molar-refractivity contribution in [3.8, 4) is 5.75 Å². The molecule has 0 unspecified atom stereocenters. The van der Waals surface area contributed by atoms with Crippen molar-refractivity contribution < 1.29 is 9.53 Å². The Morgan fingerprint density at radius 3 is 2.72 bits per heavy atom. The molecule has 0 bridgehead atoms. The number of aromatic nitrogens is 1. The molecule has 25 heavy (non-hydrogen) atoms. The van der Waals surface area contributed by atoms with E-state index in [9.17, 15) is 4.79 Å². The van der Waals surface area contributed by atoms with E-state index in [4.69, 9.17) is 4.74 Å². The third-order valence-electron chi connectivity index (χ3n) is 4.18. The van der Waals surface area contributed by atoms with E-state index < -0.39 is 0 Å². The van der Waals surface area contributed by atoms with Gasteiger partial charge in [-0.25, -0.2) is 4.98 Å². The molecule has 1 saturated heterocycles. The molecule has 2 heterocycles. The van der Waals surface area contributed by atoms with E-state index in [1.54, 1.807) is 36.5 Å². The third-order valence-corrected chi connectivity index (χ3v) is 4.18. The summed E-state index contributed by atoms with van der Waals surface area (Å²) in [4.78, 5) is 19.0. The molecular weight excluding hydrogens is 314 g/mol. The average Bonchev–Trinajstić information content (AvgIpc) is 3.20. The van der Waals surface area contributed by atoms with Crippen LogP contribution in [0.1, 0.15) is 28.8 Å². The fourth-order valence-electron chi connectivity index (χ4n) is 2.83. The first-order valence-electron chi connectivity index (χ1n) is 8.58. The number of carbonyl (C=O) groups is 1. The van der Waals surface area contributed by atoms with E-state index in [0.29, 0.717) is 18.7 Å². The summed E-state index contributed by atoms with van der Waals surface area (Å²) in [6.45, 7) is 6.66. The van der Waals surface area contributed by atoms with Crippen LogP contribution in [0.25, 0.3) is 0 Å². The summed E-state index contributed by atoms with van der Waals surface area (Å²) in [5.41, 5.74) is 1.66. The maximum atomic E-state index is 12.3. The van der Waals surface area contributed by atoms with Gasteiger partial charge in [-0.2, -0.15) is 0 Å². The van der Waals surface area contributed by atoms with Crippen LogP contribution in [-0.4, -0.2) is 30.6 Å². The molecule has 5 heteroatoms. The zero-order valence-corrected chi connectivity index (χ0v) is 14.3. The molecule has 130 valence electrons. The van der Waals surface area contributed by atoms with Crippen molar-refractivity contribution in [2.45, 2.75) is 19.4 Å². The first-order chi connectivity index (χ1) is 12.3. The van der Waals surface area contributed by atoms with Crippen LogP contribution in [0.15, 0.2) is 55.3 Å². The first kappa shape index (κ1) is 17.0. The van der Waals surface area contributed by atoms with Crippen molar-refractivity contribution in [3.63, 3.8) is 0 Å². The lowest BCUT2D eigenvalue weighted by molar-refractivity contribution is 0.0951. The minimum Gasteiger partial charge on any atom is -0.490 e. The smallest absolute Gasteiger partial charge is 0.251 e. The van der Waals surface area contributed by atoms with Crippen molar-refractivity contribution in [2.24, 2.45) is 0 Å². The molecule has 0 atom stereocenters. The molecule has 1 aromatic carbocycles. The van der Waals surface area contributed by atoms with Gasteiger partial charge >= 0.3 is 0 Å². The van der Waals surface area contributed by atoms with Crippen molar-refractivity contribution in [2.75, 3.05) is 24.6 Å². The second kappa shape index (κ2) is 8.33. The van der Waals surface area contributed by atoms with Crippen molar-refractivity contribution in [1.29, 1.82) is 0 Å². The lowest BCUT2D eigenvalue weighted by atomic mass is 10.2. The monoisotopic (exact) mass is 337 g/mol. The molecular formula is C20H23N3O2. The Hall–Kier alpha value is -2.82. The first-order valence-corrected chi connectivity index (χ1v) is 8.58. The van der Waals surface area contributed by atoms with Gasteiger partial charge in [0, 0.05) is 31.4 Å². The maximum absolute atomic E-state index is 12.3. The molecule has 0 aliphatic carbocycles. The van der Waals surface area contributed by atoms with Gasteiger partial charge in [-0.3, -0.25) is 4.79 Å². The molecule has 1 aliphatic heterocycles. The number of carbonyl (C=O) groups excluding carboxylic acids is 1. The second-order valence-corrected chi connectivity index (χ2v) is 6.02. The Morgan fingerprint density at radius 2 is 2.00 bits per heavy atom. The molecule has 5 nitrogen and oxygen atoms in total. The molecule has 1 fully saturated rings. The van der Waals surface area contributed by atoms with Gasteiger partial charge in [0.15, 0.2) is 0 Å². The lowest BCUT2D eigenvalue weighted by Crippen LogP contribution is -2.23. The minimum absolute atomic E-state index is 0.102. The number of anilines is 1. The van der Waals surface area contributed by atoms with Gasteiger partial charge in [-0.05, 0) is 54.8 Å². The highest BCUT2D eigenvalue weighted by molar-refractivity contribution is 5.94. The van der Waals surface area contributed by atoms with E-state index in [-0.39, 0.29) is 5.91 Å². The molecule has 1 amide bonds. The van der Waals surface area contributed by atoms with Crippen LogP contribution in [-0.2, 0) is 6.54 Å². The predicted octanol–water partition coefficient (Wildman–Crippen LogP) is 3.18. The van der Waals surface area contributed by atoms with E-state index in [0.717, 1.165) is 30.2 Å². The molecule has 1 aromatic heterocycles. The molecule has 0 spiro atoms. The van der Waals surface area contributed by atoms with Crippen molar-refractivity contribution >= 4 is 11.7 Å². The number of amides is 1. The van der Waals surface area contributed by atoms with Gasteiger partial charge in [-0.1, -0.05) is 12.7 Å². The normalized spacial score (nSPS) is 13.5. The fourth-order valence-corrected chi connectivity index (χ4v) is 2.83. The summed E-state index contributed by atoms with van der Waals surface area (Å²) in [6.07, 6.45) is 5.93. The van der Waals surface area contributed by atoms with Gasteiger partial charge < -0.3 is 15.0 Å². The van der Waals surface area contributed by atoms with Crippen LogP contribution in [0.5, 0.6) is 5.75 Å². The number of pyridine rings is 1. The Labute approximate surface area is 148 Å². The van der Waals surface area contributed by atoms with Gasteiger partial charge in [0.2, 0.25) is 0 Å². The molecule has 1 N–H and O–H groups in total. The van der Waals surface area contributed by atoms with Crippen molar-refractivity contribution in [1.82, 2.24) is 10.3 Å². The highest BCUT2D eigenvalue weighted by atomic mass is 16.5. The zero-order chi connectivity index (χ0) is 17.5. The number of benzene rings is 1. The largest absolute Gasteiger partial charge is 0.490 e. The Balaban J connectivity index is 1.56. The number of ether oxygens (including phenoxy) is 1. The van der Waals surface area contributed by atoms with Crippen LogP contribution in [0.3, 0.4) is 0 Å². The lowest BCUT2D eigenvalue weighted by Gasteiger charge is -2.17. The summed E-state index contributed by atoms with van der Waals surface area (Å²) < 4.78 is 5.42. The number of hydrogen-bond acceptors (Lipinski definition) is 4. The zero-order valence-electron chi connectivity index (χ0n) is 14.3. The molecule has 1 aliphatic rings. The molecule has 3 rings (SSSR count). The fraction of sp³-hybridized carbons (Fsp3) is 0.300. The minimum atomic E-state index is -0.102. The van der Waals surface area contributed by atoms with Crippen LogP contribution in [0, 0.1) is 0 Å². The van der Waals surface area contributed by atoms with E-state index >= 15 is 0 Å². The quantitative estimate of drug-likeness (QED) is 0.789. The van der Waals surface area contributed by atoms with E-state index in [2.05, 4.69) is 27.8 Å². The summed E-state index contributed by atoms with van der Waals surface area (Å²) in [7, 11) is 0. The second-order valence-electron chi connectivity index (χ2n) is 6.02. The number of hydrogen-bond donors (Lipinski definition) is 1. The van der Waals surface area contributed by atoms with Gasteiger partial charge in [0.05, 0.1) is 0 Å². The Morgan fingerprint density at radius 1 is 1.24 bits per heavy atom. The number of nitrogens with zero attached hydrogens (tertiary/aromatic N) is 2. The van der Waals surface area contributed by atoms with Crippen LogP contribution < -0.4 is 15.0 Å². The van der Waals surface area contributed by atoms with Crippen molar-refractivity contribution in [3.05, 3.63) is 66.4 Å². The molecule has 0 saturated carbocycles. The average molecular weight is 337 g/mol. The van der Waals surface area contributed by atoms with Gasteiger partial charge in [0.1, 0.15) is 18.2 Å². The van der Waals surface area contributed by atoms with E-state index in [1.165, 1.54) is 12.8 Å². The SMILES string of the molecule is C=CCOc1ccc(C(=O)NCc2ccnc(N3CCCC3)c2)cc1. The Bertz CT molecular complexity index is 722.